The van der Waals surface area contributed by atoms with E-state index < -0.39 is 35.5 Å². The van der Waals surface area contributed by atoms with Gasteiger partial charge < -0.3 is 10.5 Å². The lowest BCUT2D eigenvalue weighted by atomic mass is 9.73. The number of carbonyl (C=O) groups excluding carboxylic acids is 1. The Kier molecular flexibility index (Phi) is 7.89. The van der Waals surface area contributed by atoms with E-state index in [0.717, 1.165) is 5.56 Å². The normalized spacial score (nSPS) is 16.9. The van der Waals surface area contributed by atoms with Gasteiger partial charge >= 0.3 is 12.4 Å². The molecule has 0 saturated carbocycles. The third kappa shape index (κ3) is 6.49. The molecule has 2 aromatic carbocycles. The number of nitrogens with two attached hydrogens (primary N) is 1. The Bertz CT molecular complexity index is 939. The van der Waals surface area contributed by atoms with Gasteiger partial charge in [-0.1, -0.05) is 30.3 Å². The molecule has 0 unspecified atom stereocenters. The van der Waals surface area contributed by atoms with Crippen LogP contribution in [0.5, 0.6) is 0 Å². The minimum Gasteiger partial charge on any atom is -0.376 e. The topological polar surface area (TPSA) is 67.6 Å². The lowest BCUT2D eigenvalue weighted by molar-refractivity contribution is -0.143. The first-order valence-electron chi connectivity index (χ1n) is 10.6. The highest BCUT2D eigenvalue weighted by Gasteiger charge is 2.38. The summed E-state index contributed by atoms with van der Waals surface area (Å²) in [6.07, 6.45) is -8.72. The number of nitrogens with zero attached hydrogens (tertiary/aromatic N) is 1. The van der Waals surface area contributed by atoms with E-state index in [9.17, 15) is 31.1 Å². The van der Waals surface area contributed by atoms with Crippen LogP contribution in [0.4, 0.5) is 26.3 Å². The summed E-state index contributed by atoms with van der Waals surface area (Å²) in [7, 11) is 0. The summed E-state index contributed by atoms with van der Waals surface area (Å²) in [6.45, 7) is 0.486. The monoisotopic (exact) mass is 489 g/mol. The van der Waals surface area contributed by atoms with E-state index in [4.69, 9.17) is 10.5 Å². The van der Waals surface area contributed by atoms with E-state index in [1.165, 1.54) is 0 Å². The smallest absolute Gasteiger partial charge is 0.376 e. The number of hydrogen-bond acceptors (Lipinski definition) is 4. The number of hydrazine groups is 1. The van der Waals surface area contributed by atoms with Crippen molar-refractivity contribution in [2.45, 2.75) is 37.2 Å². The fourth-order valence-electron chi connectivity index (χ4n) is 4.04. The average Bonchev–Trinajstić information content (AvgIpc) is 2.79. The van der Waals surface area contributed by atoms with E-state index >= 15 is 0 Å². The number of amides is 1. The van der Waals surface area contributed by atoms with Crippen molar-refractivity contribution < 1.29 is 35.9 Å². The summed E-state index contributed by atoms with van der Waals surface area (Å²) in [4.78, 5) is 11.6. The lowest BCUT2D eigenvalue weighted by Crippen LogP contribution is -2.53. The van der Waals surface area contributed by atoms with Crippen LogP contribution in [0.1, 0.15) is 35.1 Å². The first-order valence-corrected chi connectivity index (χ1v) is 10.6. The van der Waals surface area contributed by atoms with Crippen molar-refractivity contribution in [2.75, 3.05) is 26.2 Å². The minimum atomic E-state index is -4.91. The number of hydrogen-bond donors (Lipinski definition) is 2. The van der Waals surface area contributed by atoms with Crippen LogP contribution < -0.4 is 11.2 Å². The molecule has 1 heterocycles. The number of halogens is 6. The molecule has 3 N–H and O–H groups in total. The molecule has 5 nitrogen and oxygen atoms in total. The molecule has 3 rings (SSSR count). The quantitative estimate of drug-likeness (QED) is 0.571. The fraction of sp³-hybridized carbons (Fsp3) is 0.435. The van der Waals surface area contributed by atoms with Crippen LogP contribution in [-0.4, -0.2) is 37.2 Å². The second-order valence-electron chi connectivity index (χ2n) is 8.28. The van der Waals surface area contributed by atoms with Crippen molar-refractivity contribution in [3.8, 4) is 0 Å². The van der Waals surface area contributed by atoms with Gasteiger partial charge in [-0.2, -0.15) is 26.3 Å². The summed E-state index contributed by atoms with van der Waals surface area (Å²) in [5, 5.41) is 1.73. The summed E-state index contributed by atoms with van der Waals surface area (Å²) in [5.41, 5.74) is 5.50. The molecule has 34 heavy (non-hydrogen) atoms. The first kappa shape index (κ1) is 26.0. The number of rotatable bonds is 7. The molecule has 1 aliphatic rings. The minimum absolute atomic E-state index is 0.0906. The van der Waals surface area contributed by atoms with Gasteiger partial charge in [-0.25, -0.2) is 5.01 Å². The number of benzene rings is 2. The van der Waals surface area contributed by atoms with Gasteiger partial charge in [0.1, 0.15) is 0 Å². The molecular formula is C23H25F6N3O2. The Balaban J connectivity index is 1.76. The molecule has 1 amide bonds. The van der Waals surface area contributed by atoms with Gasteiger partial charge in [0.25, 0.3) is 0 Å². The maximum absolute atomic E-state index is 13.1. The average molecular weight is 489 g/mol. The van der Waals surface area contributed by atoms with Gasteiger partial charge in [-0.05, 0) is 42.2 Å². The van der Waals surface area contributed by atoms with Crippen LogP contribution in [-0.2, 0) is 33.9 Å². The number of ether oxygens (including phenoxy) is 1. The Morgan fingerprint density at radius 1 is 0.971 bits per heavy atom. The van der Waals surface area contributed by atoms with Gasteiger partial charge in [0.15, 0.2) is 0 Å². The van der Waals surface area contributed by atoms with Gasteiger partial charge in [-0.3, -0.25) is 10.2 Å². The Labute approximate surface area is 192 Å². The predicted molar refractivity (Wildman–Crippen MR) is 112 cm³/mol. The fourth-order valence-corrected chi connectivity index (χ4v) is 4.04. The van der Waals surface area contributed by atoms with Crippen LogP contribution in [0, 0.1) is 0 Å². The predicted octanol–water partition coefficient (Wildman–Crippen LogP) is 4.26. The van der Waals surface area contributed by atoms with Crippen LogP contribution in [0.25, 0.3) is 0 Å². The molecule has 1 aliphatic heterocycles. The summed E-state index contributed by atoms with van der Waals surface area (Å²) in [6, 6.07) is 10.8. The molecule has 0 aromatic heterocycles. The highest BCUT2D eigenvalue weighted by Crippen LogP contribution is 2.38. The molecule has 2 aromatic rings. The van der Waals surface area contributed by atoms with Gasteiger partial charge in [-0.15, -0.1) is 0 Å². The SMILES string of the molecule is NCC(=O)NN1CCC(COCc2cc(C(F)(F)F)cc(C(F)(F)F)c2)(c2ccccc2)CC1. The molecule has 1 saturated heterocycles. The number of carbonyl (C=O) groups is 1. The molecule has 11 heteroatoms. The standard InChI is InChI=1S/C23H25F6N3O2/c24-22(25,26)18-10-16(11-19(12-18)23(27,28)29)14-34-15-21(17-4-2-1-3-5-17)6-8-32(9-7-21)31-20(33)13-30/h1-5,10-12H,6-9,13-15,30H2,(H,31,33). The molecule has 0 bridgehead atoms. The molecule has 0 atom stereocenters. The molecule has 0 radical (unpaired) electrons. The van der Waals surface area contributed by atoms with E-state index in [0.29, 0.717) is 38.1 Å². The second kappa shape index (κ2) is 10.3. The summed E-state index contributed by atoms with van der Waals surface area (Å²) < 4.78 is 84.5. The van der Waals surface area contributed by atoms with Gasteiger partial charge in [0.2, 0.25) is 5.91 Å². The third-order valence-electron chi connectivity index (χ3n) is 5.87. The Morgan fingerprint density at radius 2 is 1.53 bits per heavy atom. The molecule has 0 spiro atoms. The van der Waals surface area contributed by atoms with Crippen LogP contribution in [0.3, 0.4) is 0 Å². The van der Waals surface area contributed by atoms with Crippen molar-refractivity contribution in [3.63, 3.8) is 0 Å². The summed E-state index contributed by atoms with van der Waals surface area (Å²) >= 11 is 0. The van der Waals surface area contributed by atoms with E-state index in [2.05, 4.69) is 5.43 Å². The largest absolute Gasteiger partial charge is 0.416 e. The maximum atomic E-state index is 13.1. The molecular weight excluding hydrogens is 464 g/mol. The lowest BCUT2D eigenvalue weighted by Gasteiger charge is -2.42. The number of nitrogens with one attached hydrogen (secondary N) is 1. The van der Waals surface area contributed by atoms with Crippen molar-refractivity contribution in [2.24, 2.45) is 5.73 Å². The van der Waals surface area contributed by atoms with Crippen LogP contribution >= 0.6 is 0 Å². The zero-order valence-corrected chi connectivity index (χ0v) is 18.2. The number of alkyl halides is 6. The number of piperidine rings is 1. The van der Waals surface area contributed by atoms with Crippen molar-refractivity contribution in [3.05, 3.63) is 70.8 Å². The Hall–Kier alpha value is -2.63. The summed E-state index contributed by atoms with van der Waals surface area (Å²) in [5.74, 6) is -0.325. The first-order chi connectivity index (χ1) is 15.9. The molecule has 0 aliphatic carbocycles. The zero-order chi connectivity index (χ0) is 25.0. The van der Waals surface area contributed by atoms with Gasteiger partial charge in [0.05, 0.1) is 30.9 Å². The van der Waals surface area contributed by atoms with Crippen LogP contribution in [0.15, 0.2) is 48.5 Å². The molecule has 186 valence electrons. The molecule has 1 fully saturated rings. The third-order valence-corrected chi connectivity index (χ3v) is 5.87. The van der Waals surface area contributed by atoms with Crippen molar-refractivity contribution in [1.29, 1.82) is 0 Å². The van der Waals surface area contributed by atoms with Gasteiger partial charge in [0, 0.05) is 18.5 Å². The highest BCUT2D eigenvalue weighted by molar-refractivity contribution is 5.77. The second-order valence-corrected chi connectivity index (χ2v) is 8.28. The maximum Gasteiger partial charge on any atom is 0.416 e. The van der Waals surface area contributed by atoms with E-state index in [1.807, 2.05) is 30.3 Å². The van der Waals surface area contributed by atoms with Crippen LogP contribution in [0.2, 0.25) is 0 Å². The highest BCUT2D eigenvalue weighted by atomic mass is 19.4. The van der Waals surface area contributed by atoms with Crippen molar-refractivity contribution >= 4 is 5.91 Å². The van der Waals surface area contributed by atoms with E-state index in [-0.39, 0.29) is 30.7 Å². The van der Waals surface area contributed by atoms with E-state index in [1.54, 1.807) is 5.01 Å². The Morgan fingerprint density at radius 3 is 2.03 bits per heavy atom. The zero-order valence-electron chi connectivity index (χ0n) is 18.2. The van der Waals surface area contributed by atoms with Crippen molar-refractivity contribution in [1.82, 2.24) is 10.4 Å².